The van der Waals surface area contributed by atoms with Gasteiger partial charge in [-0.2, -0.15) is 0 Å². The Balaban J connectivity index is 2.47. The van der Waals surface area contributed by atoms with Crippen LogP contribution in [0.25, 0.3) is 6.08 Å². The van der Waals surface area contributed by atoms with Gasteiger partial charge in [-0.15, -0.1) is 0 Å². The smallest absolute Gasteiger partial charge is 0.0664 e. The monoisotopic (exact) mass is 257 g/mol. The molecule has 0 aliphatic carbocycles. The number of nitrogens with one attached hydrogen (secondary N) is 1. The Kier molecular flexibility index (Phi) is 5.89. The Morgan fingerprint density at radius 3 is 2.75 bits per heavy atom. The van der Waals surface area contributed by atoms with Crippen LogP contribution in [0.5, 0.6) is 0 Å². The van der Waals surface area contributed by atoms with Crippen LogP contribution in [-0.4, -0.2) is 13.1 Å². The number of halogens is 2. The molecule has 0 fully saturated rings. The molecule has 0 aromatic heterocycles. The van der Waals surface area contributed by atoms with E-state index in [0.29, 0.717) is 16.0 Å². The predicted molar refractivity (Wildman–Crippen MR) is 73.2 cm³/mol. The summed E-state index contributed by atoms with van der Waals surface area (Å²) in [6.45, 7) is 6.24. The topological polar surface area (TPSA) is 12.0 Å². The van der Waals surface area contributed by atoms with E-state index < -0.39 is 0 Å². The van der Waals surface area contributed by atoms with Crippen molar-refractivity contribution in [1.82, 2.24) is 5.32 Å². The summed E-state index contributed by atoms with van der Waals surface area (Å²) in [5, 5.41) is 4.54. The first kappa shape index (κ1) is 13.6. The van der Waals surface area contributed by atoms with Crippen LogP contribution in [-0.2, 0) is 0 Å². The molecule has 0 atom stereocenters. The maximum Gasteiger partial charge on any atom is 0.0664 e. The molecule has 0 saturated carbocycles. The SMILES string of the molecule is CC(C)CNCC=Cc1cccc(Cl)c1Cl. The Morgan fingerprint density at radius 2 is 2.06 bits per heavy atom. The van der Waals surface area contributed by atoms with Crippen molar-refractivity contribution in [2.45, 2.75) is 13.8 Å². The molecule has 0 spiro atoms. The Hall–Kier alpha value is -0.500. The van der Waals surface area contributed by atoms with E-state index in [1.165, 1.54) is 0 Å². The zero-order valence-corrected chi connectivity index (χ0v) is 11.1. The van der Waals surface area contributed by atoms with E-state index in [4.69, 9.17) is 23.2 Å². The molecule has 0 bridgehead atoms. The number of hydrogen-bond acceptors (Lipinski definition) is 1. The molecule has 88 valence electrons. The summed E-state index contributed by atoms with van der Waals surface area (Å²) >= 11 is 12.0. The predicted octanol–water partition coefficient (Wildman–Crippen LogP) is 4.25. The van der Waals surface area contributed by atoms with Crippen molar-refractivity contribution in [3.05, 3.63) is 39.9 Å². The molecule has 0 saturated heterocycles. The van der Waals surface area contributed by atoms with E-state index in [0.717, 1.165) is 18.7 Å². The van der Waals surface area contributed by atoms with Gasteiger partial charge >= 0.3 is 0 Å². The second-order valence-electron chi connectivity index (χ2n) is 4.10. The fraction of sp³-hybridized carbons (Fsp3) is 0.385. The van der Waals surface area contributed by atoms with Crippen LogP contribution in [0, 0.1) is 5.92 Å². The van der Waals surface area contributed by atoms with Crippen LogP contribution < -0.4 is 5.32 Å². The van der Waals surface area contributed by atoms with Gasteiger partial charge in [-0.3, -0.25) is 0 Å². The fourth-order valence-corrected chi connectivity index (χ4v) is 1.66. The van der Waals surface area contributed by atoms with Crippen molar-refractivity contribution in [2.24, 2.45) is 5.92 Å². The van der Waals surface area contributed by atoms with Gasteiger partial charge in [0, 0.05) is 6.54 Å². The molecule has 0 heterocycles. The second kappa shape index (κ2) is 6.95. The highest BCUT2D eigenvalue weighted by atomic mass is 35.5. The van der Waals surface area contributed by atoms with E-state index in [9.17, 15) is 0 Å². The van der Waals surface area contributed by atoms with Gasteiger partial charge in [0.15, 0.2) is 0 Å². The first-order valence-electron chi connectivity index (χ1n) is 5.42. The number of benzene rings is 1. The van der Waals surface area contributed by atoms with Crippen molar-refractivity contribution in [1.29, 1.82) is 0 Å². The Labute approximate surface area is 107 Å². The molecule has 0 unspecified atom stereocenters. The van der Waals surface area contributed by atoms with Gasteiger partial charge in [0.25, 0.3) is 0 Å². The van der Waals surface area contributed by atoms with Gasteiger partial charge in [0.05, 0.1) is 10.0 Å². The van der Waals surface area contributed by atoms with Crippen molar-refractivity contribution in [2.75, 3.05) is 13.1 Å². The third kappa shape index (κ3) is 4.56. The highest BCUT2D eigenvalue weighted by Gasteiger charge is 1.99. The van der Waals surface area contributed by atoms with E-state index in [1.54, 1.807) is 6.07 Å². The molecule has 1 N–H and O–H groups in total. The fourth-order valence-electron chi connectivity index (χ4n) is 1.29. The minimum Gasteiger partial charge on any atom is -0.313 e. The van der Waals surface area contributed by atoms with Gasteiger partial charge in [-0.25, -0.2) is 0 Å². The van der Waals surface area contributed by atoms with Crippen LogP contribution in [0.4, 0.5) is 0 Å². The zero-order valence-electron chi connectivity index (χ0n) is 9.63. The lowest BCUT2D eigenvalue weighted by Gasteiger charge is -2.04. The molecule has 0 aliphatic heterocycles. The van der Waals surface area contributed by atoms with Crippen molar-refractivity contribution < 1.29 is 0 Å². The summed E-state index contributed by atoms with van der Waals surface area (Å²) in [7, 11) is 0. The highest BCUT2D eigenvalue weighted by molar-refractivity contribution is 6.42. The van der Waals surface area contributed by atoms with E-state index in [2.05, 4.69) is 25.2 Å². The summed E-state index contributed by atoms with van der Waals surface area (Å²) in [6, 6.07) is 5.64. The lowest BCUT2D eigenvalue weighted by Crippen LogP contribution is -2.19. The van der Waals surface area contributed by atoms with E-state index in [-0.39, 0.29) is 0 Å². The summed E-state index contributed by atoms with van der Waals surface area (Å²) < 4.78 is 0. The van der Waals surface area contributed by atoms with E-state index >= 15 is 0 Å². The number of rotatable bonds is 5. The molecule has 1 aromatic carbocycles. The van der Waals surface area contributed by atoms with Gasteiger partial charge in [-0.1, -0.05) is 61.3 Å². The molecule has 1 aromatic rings. The molecule has 1 rings (SSSR count). The summed E-state index contributed by atoms with van der Waals surface area (Å²) in [6.07, 6.45) is 4.04. The van der Waals surface area contributed by atoms with Crippen molar-refractivity contribution in [3.8, 4) is 0 Å². The van der Waals surface area contributed by atoms with E-state index in [1.807, 2.05) is 18.2 Å². The molecule has 0 amide bonds. The molecule has 0 radical (unpaired) electrons. The maximum absolute atomic E-state index is 6.05. The van der Waals surface area contributed by atoms with Gasteiger partial charge < -0.3 is 5.32 Å². The first-order chi connectivity index (χ1) is 7.61. The second-order valence-corrected chi connectivity index (χ2v) is 4.88. The van der Waals surface area contributed by atoms with Crippen LogP contribution in [0.2, 0.25) is 10.0 Å². The third-order valence-electron chi connectivity index (χ3n) is 2.09. The molecule has 1 nitrogen and oxygen atoms in total. The molecule has 3 heteroatoms. The van der Waals surface area contributed by atoms with Gasteiger partial charge in [0.1, 0.15) is 0 Å². The summed E-state index contributed by atoms with van der Waals surface area (Å²) in [5.74, 6) is 0.670. The molecular formula is C13H17Cl2N. The third-order valence-corrected chi connectivity index (χ3v) is 2.93. The molecular weight excluding hydrogens is 241 g/mol. The minimum absolute atomic E-state index is 0.596. The summed E-state index contributed by atoms with van der Waals surface area (Å²) in [5.41, 5.74) is 0.959. The van der Waals surface area contributed by atoms with Crippen LogP contribution in [0.1, 0.15) is 19.4 Å². The van der Waals surface area contributed by atoms with Gasteiger partial charge in [-0.05, 0) is 24.1 Å². The largest absolute Gasteiger partial charge is 0.313 e. The average Bonchev–Trinajstić information content (AvgIpc) is 2.23. The Morgan fingerprint density at radius 1 is 1.31 bits per heavy atom. The van der Waals surface area contributed by atoms with Crippen LogP contribution >= 0.6 is 23.2 Å². The molecule has 0 aliphatic rings. The van der Waals surface area contributed by atoms with Crippen molar-refractivity contribution >= 4 is 29.3 Å². The quantitative estimate of drug-likeness (QED) is 0.778. The lowest BCUT2D eigenvalue weighted by atomic mass is 10.2. The molecule has 16 heavy (non-hydrogen) atoms. The standard InChI is InChI=1S/C13H17Cl2N/c1-10(2)9-16-8-4-6-11-5-3-7-12(14)13(11)15/h3-7,10,16H,8-9H2,1-2H3. The maximum atomic E-state index is 6.05. The normalized spacial score (nSPS) is 11.6. The first-order valence-corrected chi connectivity index (χ1v) is 6.18. The zero-order chi connectivity index (χ0) is 12.0. The van der Waals surface area contributed by atoms with Crippen LogP contribution in [0.15, 0.2) is 24.3 Å². The average molecular weight is 258 g/mol. The number of hydrogen-bond donors (Lipinski definition) is 1. The van der Waals surface area contributed by atoms with Gasteiger partial charge in [0.2, 0.25) is 0 Å². The van der Waals surface area contributed by atoms with Crippen LogP contribution in [0.3, 0.4) is 0 Å². The minimum atomic E-state index is 0.596. The highest BCUT2D eigenvalue weighted by Crippen LogP contribution is 2.26. The lowest BCUT2D eigenvalue weighted by molar-refractivity contribution is 0.577. The Bertz CT molecular complexity index is 359. The van der Waals surface area contributed by atoms with Crippen molar-refractivity contribution in [3.63, 3.8) is 0 Å². The summed E-state index contributed by atoms with van der Waals surface area (Å²) in [4.78, 5) is 0.